The van der Waals surface area contributed by atoms with Crippen molar-refractivity contribution in [2.45, 2.75) is 13.1 Å². The molecule has 3 aromatic rings. The van der Waals surface area contributed by atoms with E-state index in [1.54, 1.807) is 53.1 Å². The monoisotopic (exact) mass is 563 g/mol. The van der Waals surface area contributed by atoms with E-state index in [2.05, 4.69) is 15.7 Å². The predicted molar refractivity (Wildman–Crippen MR) is 146 cm³/mol. The number of benzene rings is 2. The lowest BCUT2D eigenvalue weighted by Crippen LogP contribution is -2.45. The molecule has 1 amide bonds. The van der Waals surface area contributed by atoms with E-state index in [0.29, 0.717) is 43.6 Å². The fourth-order valence-corrected chi connectivity index (χ4v) is 4.74. The van der Waals surface area contributed by atoms with Crippen molar-refractivity contribution in [3.8, 4) is 0 Å². The van der Waals surface area contributed by atoms with Gasteiger partial charge in [-0.2, -0.15) is 13.2 Å². The van der Waals surface area contributed by atoms with Crippen molar-refractivity contribution in [2.75, 3.05) is 55.5 Å². The van der Waals surface area contributed by atoms with Crippen LogP contribution < -0.4 is 26.4 Å². The lowest BCUT2D eigenvalue weighted by Gasteiger charge is -2.34. The van der Waals surface area contributed by atoms with Gasteiger partial charge in [-0.05, 0) is 43.8 Å². The van der Waals surface area contributed by atoms with E-state index in [1.165, 1.54) is 17.4 Å². The first-order valence-electron chi connectivity index (χ1n) is 12.1. The van der Waals surface area contributed by atoms with E-state index in [9.17, 15) is 18.0 Å². The molecule has 0 unspecified atom stereocenters. The van der Waals surface area contributed by atoms with Crippen molar-refractivity contribution in [1.29, 1.82) is 0 Å². The van der Waals surface area contributed by atoms with Gasteiger partial charge < -0.3 is 20.9 Å². The van der Waals surface area contributed by atoms with Crippen LogP contribution >= 0.6 is 11.3 Å². The van der Waals surface area contributed by atoms with Crippen LogP contribution in [0.3, 0.4) is 0 Å². The van der Waals surface area contributed by atoms with Crippen molar-refractivity contribution in [3.63, 3.8) is 0 Å². The SMILES string of the molecule is CNN(/C=C(\N)c1cncs1)c1cc(C(=O)Nc2cc(N3CCN(C)CC3)c(F)c(C(F)(F)F)c2)ccc1C. The molecule has 1 aliphatic heterocycles. The Kier molecular flexibility index (Phi) is 8.42. The number of likely N-dealkylation sites (N-methyl/N-ethyl adjacent to an activating group) is 1. The molecule has 13 heteroatoms. The fourth-order valence-electron chi connectivity index (χ4n) is 4.19. The first kappa shape index (κ1) is 28.3. The molecule has 2 aromatic carbocycles. The molecule has 0 saturated carbocycles. The van der Waals surface area contributed by atoms with Crippen LogP contribution in [-0.4, -0.2) is 56.1 Å². The van der Waals surface area contributed by atoms with Crippen LogP contribution in [0.2, 0.25) is 0 Å². The molecule has 1 aliphatic rings. The zero-order valence-electron chi connectivity index (χ0n) is 21.6. The molecule has 0 radical (unpaired) electrons. The zero-order valence-corrected chi connectivity index (χ0v) is 22.5. The molecule has 39 heavy (non-hydrogen) atoms. The molecule has 0 spiro atoms. The summed E-state index contributed by atoms with van der Waals surface area (Å²) in [6.07, 6.45) is -1.65. The minimum absolute atomic E-state index is 0.149. The number of thiazole rings is 1. The number of hydrogen-bond acceptors (Lipinski definition) is 8. The third kappa shape index (κ3) is 6.49. The van der Waals surface area contributed by atoms with Gasteiger partial charge in [-0.25, -0.2) is 9.82 Å². The van der Waals surface area contributed by atoms with Gasteiger partial charge in [0.15, 0.2) is 5.82 Å². The van der Waals surface area contributed by atoms with Crippen LogP contribution in [0.1, 0.15) is 26.4 Å². The van der Waals surface area contributed by atoms with Crippen molar-refractivity contribution in [3.05, 3.63) is 75.6 Å². The molecule has 1 fully saturated rings. The Morgan fingerprint density at radius 3 is 2.51 bits per heavy atom. The number of aryl methyl sites for hydroxylation is 1. The Morgan fingerprint density at radius 1 is 1.18 bits per heavy atom. The number of alkyl halides is 3. The van der Waals surface area contributed by atoms with Crippen molar-refractivity contribution >= 4 is 40.0 Å². The molecule has 8 nitrogen and oxygen atoms in total. The van der Waals surface area contributed by atoms with Gasteiger partial charge >= 0.3 is 6.18 Å². The number of anilines is 3. The molecule has 208 valence electrons. The molecule has 2 heterocycles. The van der Waals surface area contributed by atoms with Crippen LogP contribution in [0.25, 0.3) is 5.70 Å². The fraction of sp³-hybridized carbons (Fsp3) is 0.308. The van der Waals surface area contributed by atoms with Crippen LogP contribution in [0.5, 0.6) is 0 Å². The third-order valence-corrected chi connectivity index (χ3v) is 7.24. The number of piperazine rings is 1. The number of hydrazine groups is 1. The maximum atomic E-state index is 15.0. The standard InChI is InChI=1S/C26H29F4N7OS/c1-16-4-5-17(10-21(16)37(32-2)14-20(31)23-13-33-15-39-23)25(38)34-18-11-19(26(28,29)30)24(27)22(12-18)36-8-6-35(3)7-9-36/h4-5,10-15,32H,6-9,31H2,1-3H3,(H,34,38)/b20-14-. The summed E-state index contributed by atoms with van der Waals surface area (Å²) < 4.78 is 56.2. The summed E-state index contributed by atoms with van der Waals surface area (Å²) in [5, 5.41) is 4.16. The predicted octanol–water partition coefficient (Wildman–Crippen LogP) is 4.51. The Balaban J connectivity index is 1.64. The van der Waals surface area contributed by atoms with Gasteiger partial charge in [-0.3, -0.25) is 14.8 Å². The molecule has 0 aliphatic carbocycles. The first-order valence-corrected chi connectivity index (χ1v) is 12.9. The van der Waals surface area contributed by atoms with Crippen LogP contribution in [-0.2, 0) is 6.18 Å². The van der Waals surface area contributed by atoms with E-state index in [4.69, 9.17) is 5.73 Å². The second-order valence-corrected chi connectivity index (χ2v) is 10.0. The summed E-state index contributed by atoms with van der Waals surface area (Å²) in [6.45, 7) is 3.72. The van der Waals surface area contributed by atoms with E-state index in [-0.39, 0.29) is 16.9 Å². The lowest BCUT2D eigenvalue weighted by atomic mass is 10.1. The average Bonchev–Trinajstić information content (AvgIpc) is 3.44. The average molecular weight is 564 g/mol. The summed E-state index contributed by atoms with van der Waals surface area (Å²) in [7, 11) is 3.57. The number of carbonyl (C=O) groups excluding carboxylic acids is 1. The number of amides is 1. The number of aromatic nitrogens is 1. The molecular weight excluding hydrogens is 534 g/mol. The molecule has 4 N–H and O–H groups in total. The quantitative estimate of drug-likeness (QED) is 0.288. The number of carbonyl (C=O) groups is 1. The maximum Gasteiger partial charge on any atom is 0.419 e. The highest BCUT2D eigenvalue weighted by Crippen LogP contribution is 2.38. The van der Waals surface area contributed by atoms with Crippen molar-refractivity contribution < 1.29 is 22.4 Å². The zero-order chi connectivity index (χ0) is 28.3. The smallest absolute Gasteiger partial charge is 0.396 e. The Bertz CT molecular complexity index is 1350. The maximum absolute atomic E-state index is 15.0. The minimum atomic E-state index is -4.93. The topological polar surface area (TPSA) is 89.8 Å². The first-order chi connectivity index (χ1) is 18.5. The lowest BCUT2D eigenvalue weighted by molar-refractivity contribution is -0.139. The van der Waals surface area contributed by atoms with Gasteiger partial charge in [-0.15, -0.1) is 11.3 Å². The number of halogens is 4. The Hall–Kier alpha value is -3.68. The number of rotatable bonds is 7. The van der Waals surface area contributed by atoms with Crippen LogP contribution in [0.4, 0.5) is 34.6 Å². The summed E-state index contributed by atoms with van der Waals surface area (Å²) >= 11 is 1.37. The van der Waals surface area contributed by atoms with Gasteiger partial charge in [0, 0.05) is 56.9 Å². The van der Waals surface area contributed by atoms with E-state index >= 15 is 4.39 Å². The molecule has 4 rings (SSSR count). The van der Waals surface area contributed by atoms with Gasteiger partial charge in [0.1, 0.15) is 0 Å². The molecule has 0 atom stereocenters. The molecule has 1 saturated heterocycles. The highest BCUT2D eigenvalue weighted by Gasteiger charge is 2.37. The molecule has 1 aromatic heterocycles. The molecular formula is C26H29F4N7OS. The number of nitrogens with one attached hydrogen (secondary N) is 2. The van der Waals surface area contributed by atoms with Gasteiger partial charge in [0.25, 0.3) is 5.91 Å². The summed E-state index contributed by atoms with van der Waals surface area (Å²) in [4.78, 5) is 21.5. The van der Waals surface area contributed by atoms with Crippen molar-refractivity contribution in [1.82, 2.24) is 15.3 Å². The van der Waals surface area contributed by atoms with Crippen LogP contribution in [0, 0.1) is 12.7 Å². The van der Waals surface area contributed by atoms with Gasteiger partial charge in [0.2, 0.25) is 0 Å². The Morgan fingerprint density at radius 2 is 1.90 bits per heavy atom. The Labute approximate surface area is 227 Å². The minimum Gasteiger partial charge on any atom is -0.396 e. The second-order valence-electron chi connectivity index (χ2n) is 9.14. The highest BCUT2D eigenvalue weighted by atomic mass is 32.1. The number of nitrogens with zero attached hydrogens (tertiary/aromatic N) is 4. The van der Waals surface area contributed by atoms with Gasteiger partial charge in [-0.1, -0.05) is 6.07 Å². The summed E-state index contributed by atoms with van der Waals surface area (Å²) in [5.41, 5.74) is 11.1. The second kappa shape index (κ2) is 11.6. The van der Waals surface area contributed by atoms with E-state index in [1.807, 2.05) is 18.9 Å². The summed E-state index contributed by atoms with van der Waals surface area (Å²) in [6, 6.07) is 6.75. The largest absolute Gasteiger partial charge is 0.419 e. The normalized spacial score (nSPS) is 14.9. The highest BCUT2D eigenvalue weighted by molar-refractivity contribution is 7.10. The van der Waals surface area contributed by atoms with Gasteiger partial charge in [0.05, 0.1) is 33.0 Å². The summed E-state index contributed by atoms with van der Waals surface area (Å²) in [5.74, 6) is -1.99. The third-order valence-electron chi connectivity index (χ3n) is 6.42. The number of hydrogen-bond donors (Lipinski definition) is 3. The van der Waals surface area contributed by atoms with E-state index < -0.39 is 23.5 Å². The number of nitrogens with two attached hydrogens (primary N) is 1. The van der Waals surface area contributed by atoms with E-state index in [0.717, 1.165) is 10.4 Å². The molecule has 0 bridgehead atoms. The van der Waals surface area contributed by atoms with Crippen molar-refractivity contribution in [2.24, 2.45) is 5.73 Å². The van der Waals surface area contributed by atoms with Crippen LogP contribution in [0.15, 0.2) is 48.2 Å².